The lowest BCUT2D eigenvalue weighted by Crippen LogP contribution is -2.32. The maximum atomic E-state index is 12.3. The number of hydrogen-bond donors (Lipinski definition) is 0. The van der Waals surface area contributed by atoms with Gasteiger partial charge in [-0.3, -0.25) is 9.59 Å². The molecule has 104 valence electrons. The first kappa shape index (κ1) is 13.8. The van der Waals surface area contributed by atoms with Crippen molar-refractivity contribution < 1.29 is 9.53 Å². The average molecular weight is 263 g/mol. The minimum Gasteiger partial charge on any atom is -0.460 e. The van der Waals surface area contributed by atoms with Crippen molar-refractivity contribution in [2.24, 2.45) is 0 Å². The molecule has 0 N–H and O–H groups in total. The molecule has 0 saturated carbocycles. The van der Waals surface area contributed by atoms with Crippen LogP contribution in [0.1, 0.15) is 56.6 Å². The van der Waals surface area contributed by atoms with Crippen LogP contribution in [0, 0.1) is 0 Å². The van der Waals surface area contributed by atoms with E-state index < -0.39 is 0 Å². The van der Waals surface area contributed by atoms with Crippen LogP contribution in [0.2, 0.25) is 0 Å². The summed E-state index contributed by atoms with van der Waals surface area (Å²) in [6, 6.07) is 1.91. The smallest absolute Gasteiger partial charge is 0.313 e. The molecular weight excluding hydrogens is 242 g/mol. The number of ether oxygens (including phenoxy) is 1. The van der Waals surface area contributed by atoms with Crippen LogP contribution in [0.25, 0.3) is 0 Å². The Hall–Kier alpha value is -1.58. The van der Waals surface area contributed by atoms with Crippen LogP contribution < -0.4 is 5.56 Å². The number of cyclic esters (lactones) is 1. The molecule has 0 amide bonds. The maximum absolute atomic E-state index is 12.3. The number of fused-ring (bicyclic) bond motifs is 1. The number of nitrogens with zero attached hydrogens (tertiary/aromatic N) is 1. The van der Waals surface area contributed by atoms with Crippen molar-refractivity contribution in [2.45, 2.75) is 58.6 Å². The largest absolute Gasteiger partial charge is 0.460 e. The molecule has 1 aliphatic rings. The molecule has 0 radical (unpaired) electrons. The highest BCUT2D eigenvalue weighted by Gasteiger charge is 2.29. The third-order valence-corrected chi connectivity index (χ3v) is 3.73. The third-order valence-electron chi connectivity index (χ3n) is 3.73. The van der Waals surface area contributed by atoms with Gasteiger partial charge in [-0.2, -0.15) is 0 Å². The number of esters is 1. The molecule has 2 rings (SSSR count). The number of unbranched alkanes of at least 4 members (excludes halogenated alkanes) is 2. The molecule has 0 aromatic carbocycles. The van der Waals surface area contributed by atoms with Gasteiger partial charge < -0.3 is 9.30 Å². The highest BCUT2D eigenvalue weighted by atomic mass is 16.5. The number of carbonyl (C=O) groups excluding carboxylic acids is 1. The van der Waals surface area contributed by atoms with E-state index in [4.69, 9.17) is 4.74 Å². The summed E-state index contributed by atoms with van der Waals surface area (Å²) in [4.78, 5) is 24.0. The number of carbonyl (C=O) groups is 1. The molecule has 1 aromatic heterocycles. The first-order chi connectivity index (χ1) is 9.19. The summed E-state index contributed by atoms with van der Waals surface area (Å²) in [6.45, 7) is 4.94. The number of rotatable bonds is 5. The van der Waals surface area contributed by atoms with Gasteiger partial charge in [-0.25, -0.2) is 0 Å². The molecule has 2 heterocycles. The van der Waals surface area contributed by atoms with E-state index in [9.17, 15) is 9.59 Å². The van der Waals surface area contributed by atoms with Crippen molar-refractivity contribution in [3.05, 3.63) is 33.7 Å². The molecule has 4 nitrogen and oxygen atoms in total. The Bertz CT molecular complexity index is 519. The van der Waals surface area contributed by atoms with Crippen molar-refractivity contribution in [1.29, 1.82) is 0 Å². The summed E-state index contributed by atoms with van der Waals surface area (Å²) in [5, 5.41) is 0. The first-order valence-corrected chi connectivity index (χ1v) is 7.07. The summed E-state index contributed by atoms with van der Waals surface area (Å²) >= 11 is 0. The Morgan fingerprint density at radius 1 is 1.32 bits per heavy atom. The van der Waals surface area contributed by atoms with Crippen molar-refractivity contribution in [3.8, 4) is 0 Å². The van der Waals surface area contributed by atoms with Crippen molar-refractivity contribution >= 4 is 5.97 Å². The SMILES string of the molecule is CCCCCn1ccc2c(c1=O)COC(=O)[C@H]2CC. The number of pyridine rings is 1. The molecule has 0 bridgehead atoms. The van der Waals surface area contributed by atoms with Gasteiger partial charge in [0, 0.05) is 12.7 Å². The van der Waals surface area contributed by atoms with Gasteiger partial charge in [-0.05, 0) is 24.5 Å². The second-order valence-corrected chi connectivity index (χ2v) is 5.02. The second-order valence-electron chi connectivity index (χ2n) is 5.02. The maximum Gasteiger partial charge on any atom is 0.313 e. The van der Waals surface area contributed by atoms with E-state index in [1.807, 2.05) is 19.2 Å². The fourth-order valence-electron chi connectivity index (χ4n) is 2.57. The lowest BCUT2D eigenvalue weighted by Gasteiger charge is -2.23. The quantitative estimate of drug-likeness (QED) is 0.606. The molecule has 1 aliphatic heterocycles. The second kappa shape index (κ2) is 6.04. The van der Waals surface area contributed by atoms with Crippen molar-refractivity contribution in [2.75, 3.05) is 0 Å². The van der Waals surface area contributed by atoms with Gasteiger partial charge in [-0.15, -0.1) is 0 Å². The van der Waals surface area contributed by atoms with Crippen LogP contribution in [-0.2, 0) is 22.7 Å². The van der Waals surface area contributed by atoms with E-state index >= 15 is 0 Å². The molecule has 4 heteroatoms. The Morgan fingerprint density at radius 2 is 2.11 bits per heavy atom. The van der Waals surface area contributed by atoms with Crippen LogP contribution in [0.5, 0.6) is 0 Å². The molecule has 1 atom stereocenters. The third kappa shape index (κ3) is 2.72. The van der Waals surface area contributed by atoms with Crippen LogP contribution >= 0.6 is 0 Å². The highest BCUT2D eigenvalue weighted by Crippen LogP contribution is 2.27. The lowest BCUT2D eigenvalue weighted by molar-refractivity contribution is -0.148. The van der Waals surface area contributed by atoms with Crippen molar-refractivity contribution in [1.82, 2.24) is 4.57 Å². The van der Waals surface area contributed by atoms with E-state index in [1.165, 1.54) is 0 Å². The first-order valence-electron chi connectivity index (χ1n) is 7.07. The summed E-state index contributed by atoms with van der Waals surface area (Å²) in [7, 11) is 0. The van der Waals surface area contributed by atoms with E-state index in [1.54, 1.807) is 4.57 Å². The van der Waals surface area contributed by atoms with E-state index in [0.29, 0.717) is 12.0 Å². The fraction of sp³-hybridized carbons (Fsp3) is 0.600. The van der Waals surface area contributed by atoms with Crippen LogP contribution in [0.15, 0.2) is 17.1 Å². The van der Waals surface area contributed by atoms with Gasteiger partial charge in [0.1, 0.15) is 6.61 Å². The number of hydrogen-bond acceptors (Lipinski definition) is 3. The zero-order valence-electron chi connectivity index (χ0n) is 11.6. The monoisotopic (exact) mass is 263 g/mol. The van der Waals surface area contributed by atoms with Gasteiger partial charge in [0.05, 0.1) is 11.5 Å². The van der Waals surface area contributed by atoms with E-state index in [-0.39, 0.29) is 24.1 Å². The Labute approximate surface area is 113 Å². The predicted octanol–water partition coefficient (Wildman–Crippen LogP) is 2.59. The Morgan fingerprint density at radius 3 is 2.79 bits per heavy atom. The molecule has 0 aliphatic carbocycles. The highest BCUT2D eigenvalue weighted by molar-refractivity contribution is 5.79. The van der Waals surface area contributed by atoms with Gasteiger partial charge in [0.25, 0.3) is 5.56 Å². The summed E-state index contributed by atoms with van der Waals surface area (Å²) in [6.07, 6.45) is 5.75. The predicted molar refractivity (Wildman–Crippen MR) is 73.1 cm³/mol. The van der Waals surface area contributed by atoms with E-state index in [2.05, 4.69) is 6.92 Å². The molecular formula is C15H21NO3. The standard InChI is InChI=1S/C15H21NO3/c1-3-5-6-8-16-9-7-12-11(4-2)15(18)19-10-13(12)14(16)17/h7,9,11H,3-6,8,10H2,1-2H3/t11-/m0/s1. The Balaban J connectivity index is 2.30. The van der Waals surface area contributed by atoms with Crippen molar-refractivity contribution in [3.63, 3.8) is 0 Å². The van der Waals surface area contributed by atoms with Gasteiger partial charge in [0.2, 0.25) is 0 Å². The average Bonchev–Trinajstić information content (AvgIpc) is 2.41. The zero-order valence-corrected chi connectivity index (χ0v) is 11.6. The normalized spacial score (nSPS) is 18.0. The Kier molecular flexibility index (Phi) is 4.40. The lowest BCUT2D eigenvalue weighted by atomic mass is 9.91. The summed E-state index contributed by atoms with van der Waals surface area (Å²) in [5.41, 5.74) is 1.51. The van der Waals surface area contributed by atoms with E-state index in [0.717, 1.165) is 31.4 Å². The molecule has 19 heavy (non-hydrogen) atoms. The summed E-state index contributed by atoms with van der Waals surface area (Å²) in [5.74, 6) is -0.486. The van der Waals surface area contributed by atoms with Crippen LogP contribution in [-0.4, -0.2) is 10.5 Å². The van der Waals surface area contributed by atoms with Crippen LogP contribution in [0.3, 0.4) is 0 Å². The van der Waals surface area contributed by atoms with Crippen LogP contribution in [0.4, 0.5) is 0 Å². The fourth-order valence-corrected chi connectivity index (χ4v) is 2.57. The summed E-state index contributed by atoms with van der Waals surface area (Å²) < 4.78 is 6.85. The minimum atomic E-state index is -0.276. The number of aryl methyl sites for hydroxylation is 1. The van der Waals surface area contributed by atoms with Gasteiger partial charge >= 0.3 is 5.97 Å². The number of aromatic nitrogens is 1. The topological polar surface area (TPSA) is 48.3 Å². The van der Waals surface area contributed by atoms with Gasteiger partial charge in [0.15, 0.2) is 0 Å². The molecule has 0 spiro atoms. The molecule has 1 aromatic rings. The van der Waals surface area contributed by atoms with Gasteiger partial charge in [-0.1, -0.05) is 26.7 Å². The molecule has 0 unspecified atom stereocenters. The molecule has 0 saturated heterocycles. The molecule has 0 fully saturated rings. The minimum absolute atomic E-state index is 0.000414. The zero-order chi connectivity index (χ0) is 13.8.